The average Bonchev–Trinajstić information content (AvgIpc) is 2.65. The van der Waals surface area contributed by atoms with Gasteiger partial charge in [0.05, 0.1) is 6.04 Å². The molecule has 0 aliphatic heterocycles. The van der Waals surface area contributed by atoms with E-state index in [9.17, 15) is 24.3 Å². The second-order valence-corrected chi connectivity index (χ2v) is 7.70. The highest BCUT2D eigenvalue weighted by molar-refractivity contribution is 7.80. The van der Waals surface area contributed by atoms with Crippen molar-refractivity contribution < 1.29 is 24.3 Å². The summed E-state index contributed by atoms with van der Waals surface area (Å²) in [5.41, 5.74) is 5.58. The fraction of sp³-hybridized carbons (Fsp3) is 0.765. The van der Waals surface area contributed by atoms with Crippen molar-refractivity contribution in [3.63, 3.8) is 0 Å². The maximum Gasteiger partial charge on any atom is 0.326 e. The van der Waals surface area contributed by atoms with Crippen LogP contribution < -0.4 is 21.7 Å². The van der Waals surface area contributed by atoms with Crippen molar-refractivity contribution in [1.82, 2.24) is 16.0 Å². The Hall–Kier alpha value is -1.46. The third-order valence-corrected chi connectivity index (χ3v) is 5.13. The fourth-order valence-electron chi connectivity index (χ4n) is 2.27. The molecule has 0 bridgehead atoms. The molecule has 0 spiro atoms. The number of rotatable bonds is 12. The van der Waals surface area contributed by atoms with E-state index < -0.39 is 47.9 Å². The zero-order valence-electron chi connectivity index (χ0n) is 16.6. The van der Waals surface area contributed by atoms with Gasteiger partial charge in [0, 0.05) is 11.5 Å². The van der Waals surface area contributed by atoms with Crippen molar-refractivity contribution in [2.24, 2.45) is 17.6 Å². The van der Waals surface area contributed by atoms with Crippen LogP contribution in [0.5, 0.6) is 0 Å². The summed E-state index contributed by atoms with van der Waals surface area (Å²) in [4.78, 5) is 48.5. The SMILES string of the molecule is CCC(C)C(NC(=O)C(NC(=O)C(CS)NC(=O)C(N)CS)C(C)C)C(=O)O. The zero-order valence-corrected chi connectivity index (χ0v) is 18.4. The molecular formula is C17H32N4O5S2. The van der Waals surface area contributed by atoms with E-state index in [0.29, 0.717) is 6.42 Å². The van der Waals surface area contributed by atoms with E-state index in [1.54, 1.807) is 20.8 Å². The van der Waals surface area contributed by atoms with E-state index in [-0.39, 0.29) is 23.3 Å². The van der Waals surface area contributed by atoms with E-state index in [0.717, 1.165) is 0 Å². The molecule has 0 saturated carbocycles. The van der Waals surface area contributed by atoms with Gasteiger partial charge in [0.15, 0.2) is 0 Å². The number of carbonyl (C=O) groups excluding carboxylic acids is 3. The molecule has 0 rings (SSSR count). The van der Waals surface area contributed by atoms with E-state index in [4.69, 9.17) is 5.73 Å². The van der Waals surface area contributed by atoms with Gasteiger partial charge in [-0.15, -0.1) is 0 Å². The molecule has 0 aromatic carbocycles. The largest absolute Gasteiger partial charge is 0.480 e. The first-order chi connectivity index (χ1) is 13.0. The minimum absolute atomic E-state index is 0.00603. The third-order valence-electron chi connectivity index (χ3n) is 4.37. The summed E-state index contributed by atoms with van der Waals surface area (Å²) < 4.78 is 0. The number of hydrogen-bond acceptors (Lipinski definition) is 7. The summed E-state index contributed by atoms with van der Waals surface area (Å²) in [5.74, 6) is -3.41. The Morgan fingerprint density at radius 2 is 1.43 bits per heavy atom. The molecule has 0 aliphatic rings. The lowest BCUT2D eigenvalue weighted by Gasteiger charge is -2.27. The lowest BCUT2D eigenvalue weighted by Crippen LogP contribution is -2.59. The second-order valence-electron chi connectivity index (χ2n) is 6.97. The number of carbonyl (C=O) groups is 4. The first-order valence-corrected chi connectivity index (χ1v) is 10.4. The summed E-state index contributed by atoms with van der Waals surface area (Å²) in [6.45, 7) is 6.98. The summed E-state index contributed by atoms with van der Waals surface area (Å²) >= 11 is 8.00. The first-order valence-electron chi connectivity index (χ1n) is 9.11. The molecule has 0 saturated heterocycles. The smallest absolute Gasteiger partial charge is 0.326 e. The van der Waals surface area contributed by atoms with Gasteiger partial charge in [-0.1, -0.05) is 34.1 Å². The number of carboxylic acid groups (broad SMARTS) is 1. The van der Waals surface area contributed by atoms with Crippen LogP contribution in [0.25, 0.3) is 0 Å². The van der Waals surface area contributed by atoms with Crippen LogP contribution in [0.15, 0.2) is 0 Å². The van der Waals surface area contributed by atoms with Gasteiger partial charge in [0.2, 0.25) is 17.7 Å². The molecule has 0 radical (unpaired) electrons. The summed E-state index contributed by atoms with van der Waals surface area (Å²) in [5, 5.41) is 16.9. The van der Waals surface area contributed by atoms with Gasteiger partial charge in [-0.25, -0.2) is 4.79 Å². The minimum Gasteiger partial charge on any atom is -0.480 e. The molecule has 6 N–H and O–H groups in total. The number of hydrogen-bond donors (Lipinski definition) is 7. The van der Waals surface area contributed by atoms with Crippen LogP contribution in [0.2, 0.25) is 0 Å². The van der Waals surface area contributed by atoms with Crippen LogP contribution in [-0.2, 0) is 19.2 Å². The molecule has 9 nitrogen and oxygen atoms in total. The van der Waals surface area contributed by atoms with Gasteiger partial charge in [0.25, 0.3) is 0 Å². The highest BCUT2D eigenvalue weighted by atomic mass is 32.1. The van der Waals surface area contributed by atoms with Crippen molar-refractivity contribution in [1.29, 1.82) is 0 Å². The van der Waals surface area contributed by atoms with Gasteiger partial charge < -0.3 is 26.8 Å². The predicted molar refractivity (Wildman–Crippen MR) is 113 cm³/mol. The van der Waals surface area contributed by atoms with E-state index in [1.165, 1.54) is 0 Å². The first kappa shape index (κ1) is 26.5. The lowest BCUT2D eigenvalue weighted by atomic mass is 9.97. The van der Waals surface area contributed by atoms with Crippen LogP contribution in [0.3, 0.4) is 0 Å². The molecule has 28 heavy (non-hydrogen) atoms. The number of amides is 3. The number of nitrogens with one attached hydrogen (secondary N) is 3. The third kappa shape index (κ3) is 8.27. The molecule has 5 atom stereocenters. The van der Waals surface area contributed by atoms with Crippen LogP contribution in [-0.4, -0.2) is 64.5 Å². The van der Waals surface area contributed by atoms with Crippen molar-refractivity contribution in [2.45, 2.75) is 58.3 Å². The molecule has 0 aromatic rings. The van der Waals surface area contributed by atoms with Crippen LogP contribution >= 0.6 is 25.3 Å². The maximum absolute atomic E-state index is 12.6. The number of carboxylic acids is 1. The van der Waals surface area contributed by atoms with Gasteiger partial charge in [-0.05, 0) is 11.8 Å². The molecule has 0 fully saturated rings. The Kier molecular flexibility index (Phi) is 12.2. The van der Waals surface area contributed by atoms with Crippen LogP contribution in [0.1, 0.15) is 34.1 Å². The molecule has 0 aromatic heterocycles. The minimum atomic E-state index is -1.14. The zero-order chi connectivity index (χ0) is 22.0. The van der Waals surface area contributed by atoms with E-state index >= 15 is 0 Å². The van der Waals surface area contributed by atoms with Gasteiger partial charge in [0.1, 0.15) is 18.1 Å². The van der Waals surface area contributed by atoms with Gasteiger partial charge in [-0.3, -0.25) is 14.4 Å². The number of nitrogens with two attached hydrogens (primary N) is 1. The lowest BCUT2D eigenvalue weighted by molar-refractivity contribution is -0.144. The van der Waals surface area contributed by atoms with Crippen molar-refractivity contribution in [2.75, 3.05) is 11.5 Å². The standard InChI is InChI=1S/C17H32N4O5S2/c1-5-9(4)13(17(25)26)21-16(24)12(8(2)3)20-15(23)11(7-28)19-14(22)10(18)6-27/h8-13,27-28H,5-7,18H2,1-4H3,(H,19,22)(H,20,23)(H,21,24)(H,25,26). The molecule has 162 valence electrons. The fourth-order valence-corrected chi connectivity index (χ4v) is 2.69. The number of thiol groups is 2. The Bertz CT molecular complexity index is 562. The van der Waals surface area contributed by atoms with Crippen molar-refractivity contribution >= 4 is 48.9 Å². The summed E-state index contributed by atoms with van der Waals surface area (Å²) in [6.07, 6.45) is 0.565. The molecule has 11 heteroatoms. The topological polar surface area (TPSA) is 151 Å². The van der Waals surface area contributed by atoms with Gasteiger partial charge >= 0.3 is 5.97 Å². The summed E-state index contributed by atoms with van der Waals surface area (Å²) in [6, 6.07) is -3.92. The van der Waals surface area contributed by atoms with Gasteiger partial charge in [-0.2, -0.15) is 25.3 Å². The Morgan fingerprint density at radius 3 is 1.82 bits per heavy atom. The normalized spacial score (nSPS) is 16.4. The van der Waals surface area contributed by atoms with Crippen molar-refractivity contribution in [3.8, 4) is 0 Å². The molecule has 3 amide bonds. The second kappa shape index (κ2) is 12.9. The summed E-state index contributed by atoms with van der Waals surface area (Å²) in [7, 11) is 0. The highest BCUT2D eigenvalue weighted by Crippen LogP contribution is 2.10. The molecule has 0 aliphatic carbocycles. The average molecular weight is 437 g/mol. The molecular weight excluding hydrogens is 404 g/mol. The number of aliphatic carboxylic acids is 1. The van der Waals surface area contributed by atoms with E-state index in [1.807, 2.05) is 6.92 Å². The predicted octanol–water partition coefficient (Wildman–Crippen LogP) is -0.586. The van der Waals surface area contributed by atoms with Crippen molar-refractivity contribution in [3.05, 3.63) is 0 Å². The molecule has 5 unspecified atom stereocenters. The van der Waals surface area contributed by atoms with E-state index in [2.05, 4.69) is 41.2 Å². The Morgan fingerprint density at radius 1 is 0.893 bits per heavy atom. The quantitative estimate of drug-likeness (QED) is 0.203. The Labute approximate surface area is 176 Å². The van der Waals surface area contributed by atoms with Crippen LogP contribution in [0.4, 0.5) is 0 Å². The highest BCUT2D eigenvalue weighted by Gasteiger charge is 2.32. The Balaban J connectivity index is 5.21. The maximum atomic E-state index is 12.6. The monoisotopic (exact) mass is 436 g/mol. The molecule has 0 heterocycles. The van der Waals surface area contributed by atoms with Crippen LogP contribution in [0, 0.1) is 11.8 Å².